The maximum Gasteiger partial charge on any atom is 0.352 e. The molecule has 0 bridgehead atoms. The molecule has 3 heteroatoms. The Labute approximate surface area is 77.2 Å². The minimum Gasteiger partial charge on any atom is -0.287 e. The van der Waals surface area contributed by atoms with Crippen molar-refractivity contribution < 1.29 is 14.6 Å². The van der Waals surface area contributed by atoms with E-state index in [9.17, 15) is 4.79 Å². The van der Waals surface area contributed by atoms with Crippen LogP contribution in [0.15, 0.2) is 24.3 Å². The molecule has 0 aliphatic carbocycles. The Balaban J connectivity index is 2.69. The Hall–Kier alpha value is -1.51. The summed E-state index contributed by atoms with van der Waals surface area (Å²) in [4.78, 5) is 19.7. The zero-order valence-electron chi connectivity index (χ0n) is 7.74. The van der Waals surface area contributed by atoms with Crippen LogP contribution in [0.2, 0.25) is 0 Å². The minimum absolute atomic E-state index is 0.453. The van der Waals surface area contributed by atoms with E-state index in [4.69, 9.17) is 4.89 Å². The Morgan fingerprint density at radius 1 is 1.38 bits per heavy atom. The van der Waals surface area contributed by atoms with E-state index in [-0.39, 0.29) is 0 Å². The van der Waals surface area contributed by atoms with Gasteiger partial charge in [-0.25, -0.2) is 4.79 Å². The second-order valence-corrected chi connectivity index (χ2v) is 2.62. The number of hydrogen-bond donors (Lipinski definition) is 0. The van der Waals surface area contributed by atoms with Gasteiger partial charge in [0.1, 0.15) is 0 Å². The van der Waals surface area contributed by atoms with Crippen molar-refractivity contribution in [3.05, 3.63) is 29.8 Å². The van der Waals surface area contributed by atoms with Gasteiger partial charge >= 0.3 is 5.97 Å². The van der Waals surface area contributed by atoms with E-state index in [0.717, 1.165) is 12.0 Å². The van der Waals surface area contributed by atoms with Crippen molar-refractivity contribution in [2.75, 3.05) is 0 Å². The fraction of sp³-hybridized carbons (Fsp3) is 0.300. The summed E-state index contributed by atoms with van der Waals surface area (Å²) in [7, 11) is 0. The molecular weight excluding hydrogens is 168 g/mol. The van der Waals surface area contributed by atoms with Gasteiger partial charge in [-0.2, -0.15) is 0 Å². The normalized spacial score (nSPS) is 9.38. The molecule has 1 aromatic rings. The molecule has 0 spiro atoms. The van der Waals surface area contributed by atoms with Gasteiger partial charge in [0.05, 0.1) is 0 Å². The summed E-state index contributed by atoms with van der Waals surface area (Å²) in [6.07, 6.45) is 0.845. The molecular formula is C10H12O3. The van der Waals surface area contributed by atoms with Crippen LogP contribution >= 0.6 is 0 Å². The van der Waals surface area contributed by atoms with Crippen LogP contribution < -0.4 is 4.89 Å². The van der Waals surface area contributed by atoms with Gasteiger partial charge in [0.2, 0.25) is 0 Å². The van der Waals surface area contributed by atoms with Crippen LogP contribution in [0, 0.1) is 0 Å². The molecule has 1 aromatic carbocycles. The summed E-state index contributed by atoms with van der Waals surface area (Å²) in [6.45, 7) is 3.31. The second-order valence-electron chi connectivity index (χ2n) is 2.62. The first kappa shape index (κ1) is 9.58. The van der Waals surface area contributed by atoms with E-state index in [1.54, 1.807) is 6.07 Å². The van der Waals surface area contributed by atoms with Crippen molar-refractivity contribution in [1.82, 2.24) is 0 Å². The highest BCUT2D eigenvalue weighted by Gasteiger charge is 2.02. The molecule has 0 fully saturated rings. The van der Waals surface area contributed by atoms with Gasteiger partial charge in [-0.3, -0.25) is 9.78 Å². The number of benzene rings is 1. The van der Waals surface area contributed by atoms with Gasteiger partial charge in [-0.15, -0.1) is 0 Å². The zero-order valence-corrected chi connectivity index (χ0v) is 7.74. The van der Waals surface area contributed by atoms with Crippen LogP contribution in [0.5, 0.6) is 5.75 Å². The maximum absolute atomic E-state index is 10.5. The van der Waals surface area contributed by atoms with Crippen molar-refractivity contribution in [1.29, 1.82) is 0 Å². The molecule has 0 aliphatic heterocycles. The summed E-state index contributed by atoms with van der Waals surface area (Å²) in [5, 5.41) is 0. The van der Waals surface area contributed by atoms with E-state index in [2.05, 4.69) is 4.89 Å². The smallest absolute Gasteiger partial charge is 0.287 e. The standard InChI is InChI=1S/C10H12O3/c1-3-9-6-4-5-7-10(9)13-12-8(2)11/h4-7H,3H2,1-2H3. The molecule has 0 aliphatic rings. The van der Waals surface area contributed by atoms with E-state index in [1.165, 1.54) is 6.92 Å². The predicted octanol–water partition coefficient (Wildman–Crippen LogP) is 2.11. The predicted molar refractivity (Wildman–Crippen MR) is 48.2 cm³/mol. The fourth-order valence-electron chi connectivity index (χ4n) is 0.981. The molecule has 0 N–H and O–H groups in total. The summed E-state index contributed by atoms with van der Waals surface area (Å²) in [5.41, 5.74) is 1.02. The molecule has 0 radical (unpaired) electrons. The molecule has 0 amide bonds. The van der Waals surface area contributed by atoms with E-state index in [1.807, 2.05) is 25.1 Å². The average molecular weight is 180 g/mol. The Morgan fingerprint density at radius 3 is 2.69 bits per heavy atom. The van der Waals surface area contributed by atoms with Gasteiger partial charge in [-0.05, 0) is 18.1 Å². The minimum atomic E-state index is -0.453. The maximum atomic E-state index is 10.5. The van der Waals surface area contributed by atoms with E-state index >= 15 is 0 Å². The molecule has 0 saturated carbocycles. The summed E-state index contributed by atoms with van der Waals surface area (Å²) < 4.78 is 0. The average Bonchev–Trinajstić information content (AvgIpc) is 2.15. The first-order chi connectivity index (χ1) is 6.24. The highest BCUT2D eigenvalue weighted by molar-refractivity contribution is 5.65. The lowest BCUT2D eigenvalue weighted by molar-refractivity contribution is -0.211. The van der Waals surface area contributed by atoms with Crippen LogP contribution in [0.4, 0.5) is 0 Å². The molecule has 0 heterocycles. The number of rotatable bonds is 3. The van der Waals surface area contributed by atoms with Crippen LogP contribution in [0.25, 0.3) is 0 Å². The van der Waals surface area contributed by atoms with Crippen LogP contribution in [0.3, 0.4) is 0 Å². The topological polar surface area (TPSA) is 35.5 Å². The molecule has 0 atom stereocenters. The van der Waals surface area contributed by atoms with Crippen molar-refractivity contribution in [3.8, 4) is 5.75 Å². The highest BCUT2D eigenvalue weighted by atomic mass is 17.2. The molecule has 1 rings (SSSR count). The lowest BCUT2D eigenvalue weighted by Crippen LogP contribution is -2.04. The number of hydrogen-bond acceptors (Lipinski definition) is 3. The van der Waals surface area contributed by atoms with Gasteiger partial charge in [0.15, 0.2) is 5.75 Å². The quantitative estimate of drug-likeness (QED) is 0.528. The van der Waals surface area contributed by atoms with Crippen LogP contribution in [-0.4, -0.2) is 5.97 Å². The number of carbonyl (C=O) groups is 1. The second kappa shape index (κ2) is 4.50. The molecule has 70 valence electrons. The third-order valence-electron chi connectivity index (χ3n) is 1.60. The van der Waals surface area contributed by atoms with Crippen molar-refractivity contribution in [2.24, 2.45) is 0 Å². The van der Waals surface area contributed by atoms with Crippen molar-refractivity contribution >= 4 is 5.97 Å². The van der Waals surface area contributed by atoms with Gasteiger partial charge in [-0.1, -0.05) is 25.1 Å². The summed E-state index contributed by atoms with van der Waals surface area (Å²) in [5.74, 6) is 0.145. The molecule has 3 nitrogen and oxygen atoms in total. The lowest BCUT2D eigenvalue weighted by atomic mass is 10.1. The largest absolute Gasteiger partial charge is 0.352 e. The third-order valence-corrected chi connectivity index (χ3v) is 1.60. The molecule has 0 saturated heterocycles. The number of aryl methyl sites for hydroxylation is 1. The Bertz CT molecular complexity index is 294. The monoisotopic (exact) mass is 180 g/mol. The molecule has 0 unspecified atom stereocenters. The zero-order chi connectivity index (χ0) is 9.68. The molecule has 13 heavy (non-hydrogen) atoms. The Kier molecular flexibility index (Phi) is 3.31. The first-order valence-electron chi connectivity index (χ1n) is 4.17. The lowest BCUT2D eigenvalue weighted by Gasteiger charge is -2.05. The SMILES string of the molecule is CCc1ccccc1OOC(C)=O. The highest BCUT2D eigenvalue weighted by Crippen LogP contribution is 2.18. The van der Waals surface area contributed by atoms with Gasteiger partial charge < -0.3 is 0 Å². The van der Waals surface area contributed by atoms with Crippen molar-refractivity contribution in [2.45, 2.75) is 20.3 Å². The van der Waals surface area contributed by atoms with Crippen LogP contribution in [0.1, 0.15) is 19.4 Å². The first-order valence-corrected chi connectivity index (χ1v) is 4.17. The van der Waals surface area contributed by atoms with Crippen molar-refractivity contribution in [3.63, 3.8) is 0 Å². The summed E-state index contributed by atoms with van der Waals surface area (Å²) >= 11 is 0. The van der Waals surface area contributed by atoms with E-state index in [0.29, 0.717) is 5.75 Å². The Morgan fingerprint density at radius 2 is 2.08 bits per heavy atom. The third kappa shape index (κ3) is 2.78. The molecule has 0 aromatic heterocycles. The fourth-order valence-corrected chi connectivity index (χ4v) is 0.981. The van der Waals surface area contributed by atoms with E-state index < -0.39 is 5.97 Å². The number of carbonyl (C=O) groups excluding carboxylic acids is 1. The summed E-state index contributed by atoms with van der Waals surface area (Å²) in [6, 6.07) is 7.44. The van der Waals surface area contributed by atoms with Crippen LogP contribution in [-0.2, 0) is 16.1 Å². The number of para-hydroxylation sites is 1. The van der Waals surface area contributed by atoms with Gasteiger partial charge in [0.25, 0.3) is 0 Å². The van der Waals surface area contributed by atoms with Gasteiger partial charge in [0, 0.05) is 6.92 Å².